The van der Waals surface area contributed by atoms with Gasteiger partial charge in [0.05, 0.1) is 6.04 Å². The first kappa shape index (κ1) is 13.2. The normalized spacial score (nSPS) is 22.7. The van der Waals surface area contributed by atoms with Crippen LogP contribution < -0.4 is 5.32 Å². The van der Waals surface area contributed by atoms with Crippen LogP contribution in [0.15, 0.2) is 35.5 Å². The minimum atomic E-state index is -0.435. The minimum Gasteiger partial charge on any atom is -0.327 e. The SMILES string of the molecule is CN1C(=O)N[C@@H](c2ccccc2Cl)C2=C1CCCC2=O. The Balaban J connectivity index is 2.15. The van der Waals surface area contributed by atoms with Gasteiger partial charge in [-0.25, -0.2) is 4.79 Å². The fraction of sp³-hybridized carbons (Fsp3) is 0.333. The van der Waals surface area contributed by atoms with E-state index < -0.39 is 6.04 Å². The van der Waals surface area contributed by atoms with Crippen molar-refractivity contribution in [1.82, 2.24) is 10.2 Å². The maximum Gasteiger partial charge on any atom is 0.322 e. The van der Waals surface area contributed by atoms with Crippen molar-refractivity contribution in [3.63, 3.8) is 0 Å². The second-order valence-corrected chi connectivity index (χ2v) is 5.51. The minimum absolute atomic E-state index is 0.100. The molecule has 1 aromatic rings. The van der Waals surface area contributed by atoms with Gasteiger partial charge in [0.15, 0.2) is 5.78 Å². The molecule has 1 heterocycles. The Labute approximate surface area is 122 Å². The first-order valence-electron chi connectivity index (χ1n) is 6.64. The summed E-state index contributed by atoms with van der Waals surface area (Å²) < 4.78 is 0. The van der Waals surface area contributed by atoms with Crippen LogP contribution in [0.2, 0.25) is 5.02 Å². The van der Waals surface area contributed by atoms with Crippen LogP contribution in [0.3, 0.4) is 0 Å². The molecule has 0 unspecified atom stereocenters. The number of nitrogens with one attached hydrogen (secondary N) is 1. The van der Waals surface area contributed by atoms with Gasteiger partial charge in [0.1, 0.15) is 0 Å². The summed E-state index contributed by atoms with van der Waals surface area (Å²) in [5.74, 6) is 0.100. The van der Waals surface area contributed by atoms with E-state index in [-0.39, 0.29) is 11.8 Å². The molecule has 0 bridgehead atoms. The summed E-state index contributed by atoms with van der Waals surface area (Å²) in [6.45, 7) is 0. The molecule has 104 valence electrons. The zero-order chi connectivity index (χ0) is 14.3. The molecule has 1 aromatic carbocycles. The first-order chi connectivity index (χ1) is 9.59. The molecular weight excluding hydrogens is 276 g/mol. The molecule has 2 aliphatic rings. The number of hydrogen-bond donors (Lipinski definition) is 1. The molecule has 1 N–H and O–H groups in total. The van der Waals surface area contributed by atoms with Gasteiger partial charge in [-0.1, -0.05) is 29.8 Å². The van der Waals surface area contributed by atoms with Crippen LogP contribution in [0, 0.1) is 0 Å². The number of carbonyl (C=O) groups is 2. The van der Waals surface area contributed by atoms with E-state index in [9.17, 15) is 9.59 Å². The topological polar surface area (TPSA) is 49.4 Å². The Kier molecular flexibility index (Phi) is 3.26. The van der Waals surface area contributed by atoms with E-state index in [0.717, 1.165) is 24.1 Å². The second-order valence-electron chi connectivity index (χ2n) is 5.10. The number of carbonyl (C=O) groups excluding carboxylic acids is 2. The zero-order valence-electron chi connectivity index (χ0n) is 11.1. The number of rotatable bonds is 1. The number of ketones is 1. The molecule has 0 saturated heterocycles. The predicted molar refractivity (Wildman–Crippen MR) is 76.4 cm³/mol. The maximum absolute atomic E-state index is 12.3. The van der Waals surface area contributed by atoms with Gasteiger partial charge in [0.2, 0.25) is 0 Å². The maximum atomic E-state index is 12.3. The summed E-state index contributed by atoms with van der Waals surface area (Å²) in [5.41, 5.74) is 2.29. The Morgan fingerprint density at radius 3 is 2.75 bits per heavy atom. The van der Waals surface area contributed by atoms with Crippen LogP contribution in [0.1, 0.15) is 30.9 Å². The predicted octanol–water partition coefficient (Wildman–Crippen LogP) is 3.04. The third kappa shape index (κ3) is 2.00. The molecule has 0 saturated carbocycles. The number of hydrogen-bond acceptors (Lipinski definition) is 2. The smallest absolute Gasteiger partial charge is 0.322 e. The highest BCUT2D eigenvalue weighted by atomic mass is 35.5. The Hall–Kier alpha value is -1.81. The highest BCUT2D eigenvalue weighted by Gasteiger charge is 2.37. The number of halogens is 1. The average Bonchev–Trinajstić information content (AvgIpc) is 2.44. The standard InChI is InChI=1S/C15H15ClN2O2/c1-18-11-7-4-8-12(19)13(11)14(17-15(18)20)9-5-2-3-6-10(9)16/h2-3,5-6,14H,4,7-8H2,1H3,(H,17,20)/t14-/m0/s1. The van der Waals surface area contributed by atoms with Crippen LogP contribution >= 0.6 is 11.6 Å². The van der Waals surface area contributed by atoms with Gasteiger partial charge in [0, 0.05) is 29.8 Å². The van der Waals surface area contributed by atoms with E-state index in [4.69, 9.17) is 11.6 Å². The molecule has 4 nitrogen and oxygen atoms in total. The molecule has 3 rings (SSSR count). The van der Waals surface area contributed by atoms with Gasteiger partial charge in [-0.15, -0.1) is 0 Å². The molecule has 0 spiro atoms. The van der Waals surface area contributed by atoms with Crippen molar-refractivity contribution in [2.24, 2.45) is 0 Å². The van der Waals surface area contributed by atoms with Gasteiger partial charge in [-0.2, -0.15) is 0 Å². The van der Waals surface area contributed by atoms with Gasteiger partial charge in [-0.05, 0) is 24.5 Å². The van der Waals surface area contributed by atoms with Crippen molar-refractivity contribution >= 4 is 23.4 Å². The molecule has 0 aromatic heterocycles. The van der Waals surface area contributed by atoms with Crippen LogP contribution in [0.5, 0.6) is 0 Å². The summed E-state index contributed by atoms with van der Waals surface area (Å²) in [5, 5.41) is 3.44. The second kappa shape index (κ2) is 4.94. The number of amides is 2. The molecule has 5 heteroatoms. The lowest BCUT2D eigenvalue weighted by molar-refractivity contribution is -0.116. The summed E-state index contributed by atoms with van der Waals surface area (Å²) in [6, 6.07) is 6.69. The van der Waals surface area contributed by atoms with Crippen molar-refractivity contribution in [3.8, 4) is 0 Å². The lowest BCUT2D eigenvalue weighted by Gasteiger charge is -2.37. The van der Waals surface area contributed by atoms with Crippen molar-refractivity contribution < 1.29 is 9.59 Å². The summed E-state index contributed by atoms with van der Waals surface area (Å²) in [6.07, 6.45) is 2.08. The molecule has 1 aliphatic heterocycles. The van der Waals surface area contributed by atoms with Gasteiger partial charge in [0.25, 0.3) is 0 Å². The van der Waals surface area contributed by atoms with Crippen LogP contribution in [-0.4, -0.2) is 23.8 Å². The highest BCUT2D eigenvalue weighted by Crippen LogP contribution is 2.38. The monoisotopic (exact) mass is 290 g/mol. The molecule has 2 amide bonds. The summed E-state index contributed by atoms with van der Waals surface area (Å²) in [4.78, 5) is 25.9. The van der Waals surface area contributed by atoms with Gasteiger partial charge >= 0.3 is 6.03 Å². The molecule has 1 aliphatic carbocycles. The number of nitrogens with zero attached hydrogens (tertiary/aromatic N) is 1. The lowest BCUT2D eigenvalue weighted by atomic mass is 9.85. The molecule has 20 heavy (non-hydrogen) atoms. The Bertz CT molecular complexity index is 624. The lowest BCUT2D eigenvalue weighted by Crippen LogP contribution is -2.47. The van der Waals surface area contributed by atoms with E-state index in [0.29, 0.717) is 17.0 Å². The van der Waals surface area contributed by atoms with E-state index in [1.54, 1.807) is 18.0 Å². The average molecular weight is 291 g/mol. The zero-order valence-corrected chi connectivity index (χ0v) is 11.9. The fourth-order valence-electron chi connectivity index (χ4n) is 2.88. The van der Waals surface area contributed by atoms with E-state index in [2.05, 4.69) is 5.32 Å². The van der Waals surface area contributed by atoms with Crippen molar-refractivity contribution in [2.45, 2.75) is 25.3 Å². The Morgan fingerprint density at radius 1 is 1.25 bits per heavy atom. The largest absolute Gasteiger partial charge is 0.327 e. The fourth-order valence-corrected chi connectivity index (χ4v) is 3.12. The summed E-state index contributed by atoms with van der Waals surface area (Å²) in [7, 11) is 1.70. The van der Waals surface area contributed by atoms with Gasteiger partial charge in [-0.3, -0.25) is 4.79 Å². The van der Waals surface area contributed by atoms with E-state index in [1.807, 2.05) is 18.2 Å². The van der Waals surface area contributed by atoms with Crippen molar-refractivity contribution in [3.05, 3.63) is 46.1 Å². The molecule has 0 fully saturated rings. The van der Waals surface area contributed by atoms with Crippen LogP contribution in [0.4, 0.5) is 4.79 Å². The number of urea groups is 1. The van der Waals surface area contributed by atoms with Crippen molar-refractivity contribution in [2.75, 3.05) is 7.05 Å². The summed E-state index contributed by atoms with van der Waals surface area (Å²) >= 11 is 6.22. The number of allylic oxidation sites excluding steroid dienone is 1. The third-order valence-electron chi connectivity index (χ3n) is 3.91. The quantitative estimate of drug-likeness (QED) is 0.864. The van der Waals surface area contributed by atoms with E-state index >= 15 is 0 Å². The van der Waals surface area contributed by atoms with E-state index in [1.165, 1.54) is 0 Å². The van der Waals surface area contributed by atoms with Crippen LogP contribution in [-0.2, 0) is 4.79 Å². The molecule has 1 atom stereocenters. The first-order valence-corrected chi connectivity index (χ1v) is 7.02. The van der Waals surface area contributed by atoms with Gasteiger partial charge < -0.3 is 10.2 Å². The Morgan fingerprint density at radius 2 is 2.00 bits per heavy atom. The molecular formula is C15H15ClN2O2. The number of benzene rings is 1. The van der Waals surface area contributed by atoms with Crippen molar-refractivity contribution in [1.29, 1.82) is 0 Å². The third-order valence-corrected chi connectivity index (χ3v) is 4.26. The number of Topliss-reactive ketones (excluding diaryl/α,β-unsaturated/α-hetero) is 1. The molecule has 0 radical (unpaired) electrons. The van der Waals surface area contributed by atoms with Crippen LogP contribution in [0.25, 0.3) is 0 Å². The highest BCUT2D eigenvalue weighted by molar-refractivity contribution is 6.31.